The molecule has 0 aliphatic carbocycles. The summed E-state index contributed by atoms with van der Waals surface area (Å²) in [6.07, 6.45) is 3.60. The molecule has 0 saturated carbocycles. The summed E-state index contributed by atoms with van der Waals surface area (Å²) in [5.74, 6) is 2.42. The molecule has 0 aliphatic rings. The van der Waals surface area contributed by atoms with Crippen LogP contribution in [-0.2, 0) is 0 Å². The van der Waals surface area contributed by atoms with Crippen molar-refractivity contribution in [1.82, 2.24) is 19.2 Å². The number of hydrogen-bond donors (Lipinski definition) is 0. The molecule has 5 rings (SSSR count). The minimum atomic E-state index is -0.217. The third-order valence-corrected chi connectivity index (χ3v) is 7.18. The molecule has 0 spiro atoms. The Morgan fingerprint density at radius 1 is 1.02 bits per heavy atom. The molecular weight excluding hydrogens is 498 g/mol. The van der Waals surface area contributed by atoms with Gasteiger partial charge in [0.1, 0.15) is 11.6 Å². The van der Waals surface area contributed by atoms with Crippen molar-refractivity contribution < 1.29 is 4.74 Å². The number of nitrogens with zero attached hydrogens (tertiary/aromatic N) is 5. The Morgan fingerprint density at radius 2 is 1.80 bits per heavy atom. The maximum atomic E-state index is 13.8. The molecular formula is C33H35N5O2. The average molecular weight is 534 g/mol. The van der Waals surface area contributed by atoms with Gasteiger partial charge in [-0.15, -0.1) is 0 Å². The fraction of sp³-hybridized carbons (Fsp3) is 0.273. The first-order valence-corrected chi connectivity index (χ1v) is 13.7. The molecule has 0 fully saturated rings. The molecule has 0 bridgehead atoms. The van der Waals surface area contributed by atoms with E-state index < -0.39 is 0 Å². The van der Waals surface area contributed by atoms with E-state index in [4.69, 9.17) is 14.8 Å². The number of aromatic nitrogens is 4. The summed E-state index contributed by atoms with van der Waals surface area (Å²) in [6, 6.07) is 17.6. The van der Waals surface area contributed by atoms with E-state index in [2.05, 4.69) is 35.5 Å². The number of ether oxygens (including phenoxy) is 1. The predicted octanol–water partition coefficient (Wildman–Crippen LogP) is 6.89. The molecule has 2 aromatic carbocycles. The minimum absolute atomic E-state index is 0.217. The summed E-state index contributed by atoms with van der Waals surface area (Å²) in [4.78, 5) is 23.4. The van der Waals surface area contributed by atoms with E-state index in [9.17, 15) is 4.79 Å². The normalized spacial score (nSPS) is 11.7. The van der Waals surface area contributed by atoms with Crippen molar-refractivity contribution in [3.05, 3.63) is 105 Å². The molecule has 0 saturated heterocycles. The first-order chi connectivity index (χ1) is 19.2. The molecule has 3 aromatic heterocycles. The van der Waals surface area contributed by atoms with E-state index in [0.717, 1.165) is 50.8 Å². The van der Waals surface area contributed by atoms with Crippen LogP contribution in [0.25, 0.3) is 28.1 Å². The molecule has 7 nitrogen and oxygen atoms in total. The van der Waals surface area contributed by atoms with Gasteiger partial charge in [0.25, 0.3) is 5.56 Å². The lowest BCUT2D eigenvalue weighted by atomic mass is 9.96. The number of para-hydroxylation sites is 1. The van der Waals surface area contributed by atoms with Crippen LogP contribution < -0.4 is 10.3 Å². The van der Waals surface area contributed by atoms with Crippen molar-refractivity contribution in [1.29, 1.82) is 0 Å². The van der Waals surface area contributed by atoms with Gasteiger partial charge in [0.2, 0.25) is 0 Å². The van der Waals surface area contributed by atoms with Gasteiger partial charge in [-0.1, -0.05) is 32.0 Å². The highest BCUT2D eigenvalue weighted by Gasteiger charge is 2.19. The van der Waals surface area contributed by atoms with Crippen molar-refractivity contribution in [2.45, 2.75) is 54.4 Å². The third-order valence-electron chi connectivity index (χ3n) is 7.18. The highest BCUT2D eigenvalue weighted by Crippen LogP contribution is 2.34. The summed E-state index contributed by atoms with van der Waals surface area (Å²) >= 11 is 0. The fourth-order valence-electron chi connectivity index (χ4n) is 5.06. The van der Waals surface area contributed by atoms with Gasteiger partial charge in [-0.05, 0) is 93.6 Å². The Morgan fingerprint density at radius 3 is 2.50 bits per heavy atom. The Kier molecular flexibility index (Phi) is 7.39. The summed E-state index contributed by atoms with van der Waals surface area (Å²) in [5.41, 5.74) is 7.32. The van der Waals surface area contributed by atoms with Crippen molar-refractivity contribution in [3.63, 3.8) is 0 Å². The molecule has 0 amide bonds. The first-order valence-electron chi connectivity index (χ1n) is 13.7. The highest BCUT2D eigenvalue weighted by atomic mass is 16.5. The molecule has 204 valence electrons. The minimum Gasteiger partial charge on any atom is -0.494 e. The molecule has 0 N–H and O–H groups in total. The van der Waals surface area contributed by atoms with E-state index >= 15 is 0 Å². The second-order valence-electron chi connectivity index (χ2n) is 10.5. The zero-order valence-corrected chi connectivity index (χ0v) is 24.2. The van der Waals surface area contributed by atoms with E-state index in [1.165, 1.54) is 4.68 Å². The van der Waals surface area contributed by atoms with Crippen LogP contribution >= 0.6 is 0 Å². The van der Waals surface area contributed by atoms with Crippen molar-refractivity contribution in [2.24, 2.45) is 5.10 Å². The number of benzene rings is 2. The zero-order chi connectivity index (χ0) is 28.6. The number of rotatable bonds is 7. The topological polar surface area (TPSA) is 74.3 Å². The molecule has 40 heavy (non-hydrogen) atoms. The average Bonchev–Trinajstić information content (AvgIpc) is 3.21. The van der Waals surface area contributed by atoms with Crippen molar-refractivity contribution >= 4 is 17.1 Å². The molecule has 3 heterocycles. The number of hydrogen-bond acceptors (Lipinski definition) is 5. The standard InChI is InChI=1S/C33H35N5O2/c1-8-40-30-15-22(5)28(17-27(30)20(2)3)32-36-29-12-10-9-11-26(29)33(39)38(32)35-19-25-16-23(6)37(24(25)7)31-14-13-21(4)18-34-31/h9-20H,8H2,1-7H3. The molecule has 0 radical (unpaired) electrons. The zero-order valence-electron chi connectivity index (χ0n) is 24.2. The third kappa shape index (κ3) is 4.95. The van der Waals surface area contributed by atoms with Crippen LogP contribution in [-0.4, -0.2) is 32.0 Å². The fourth-order valence-corrected chi connectivity index (χ4v) is 5.06. The van der Waals surface area contributed by atoms with Crippen LogP contribution in [0.2, 0.25) is 0 Å². The first kappa shape index (κ1) is 27.1. The lowest BCUT2D eigenvalue weighted by Crippen LogP contribution is -2.21. The summed E-state index contributed by atoms with van der Waals surface area (Å²) < 4.78 is 9.46. The van der Waals surface area contributed by atoms with Crippen LogP contribution in [0.3, 0.4) is 0 Å². The molecule has 0 atom stereocenters. The quantitative estimate of drug-likeness (QED) is 0.214. The Hall–Kier alpha value is -4.52. The van der Waals surface area contributed by atoms with Gasteiger partial charge in [-0.3, -0.25) is 4.79 Å². The Labute approximate surface area is 234 Å². The van der Waals surface area contributed by atoms with E-state index in [-0.39, 0.29) is 11.5 Å². The van der Waals surface area contributed by atoms with Gasteiger partial charge < -0.3 is 9.30 Å². The molecule has 7 heteroatoms. The van der Waals surface area contributed by atoms with Gasteiger partial charge in [-0.2, -0.15) is 9.78 Å². The number of aryl methyl sites for hydroxylation is 3. The van der Waals surface area contributed by atoms with Crippen LogP contribution in [0.1, 0.15) is 60.3 Å². The van der Waals surface area contributed by atoms with Gasteiger partial charge in [0, 0.05) is 28.7 Å². The van der Waals surface area contributed by atoms with E-state index in [1.807, 2.05) is 77.2 Å². The van der Waals surface area contributed by atoms with Gasteiger partial charge in [-0.25, -0.2) is 9.97 Å². The molecule has 0 unspecified atom stereocenters. The SMILES string of the molecule is CCOc1cc(C)c(-c2nc3ccccc3c(=O)n2N=Cc2cc(C)n(-c3ccc(C)cn3)c2C)cc1C(C)C. The second kappa shape index (κ2) is 10.9. The largest absolute Gasteiger partial charge is 0.494 e. The summed E-state index contributed by atoms with van der Waals surface area (Å²) in [7, 11) is 0. The number of pyridine rings is 1. The lowest BCUT2D eigenvalue weighted by molar-refractivity contribution is 0.335. The van der Waals surface area contributed by atoms with Gasteiger partial charge in [0.05, 0.1) is 23.7 Å². The maximum absolute atomic E-state index is 13.8. The van der Waals surface area contributed by atoms with Gasteiger partial charge >= 0.3 is 0 Å². The maximum Gasteiger partial charge on any atom is 0.282 e. The Bertz CT molecular complexity index is 1790. The van der Waals surface area contributed by atoms with Crippen LogP contribution in [0.15, 0.2) is 70.7 Å². The van der Waals surface area contributed by atoms with Crippen molar-refractivity contribution in [3.8, 4) is 23.0 Å². The monoisotopic (exact) mass is 533 g/mol. The van der Waals surface area contributed by atoms with Crippen LogP contribution in [0.4, 0.5) is 0 Å². The van der Waals surface area contributed by atoms with Crippen LogP contribution in [0, 0.1) is 27.7 Å². The van der Waals surface area contributed by atoms with Gasteiger partial charge in [0.15, 0.2) is 5.82 Å². The number of fused-ring (bicyclic) bond motifs is 1. The summed E-state index contributed by atoms with van der Waals surface area (Å²) in [5, 5.41) is 5.27. The highest BCUT2D eigenvalue weighted by molar-refractivity contribution is 5.84. The second-order valence-corrected chi connectivity index (χ2v) is 10.5. The Balaban J connectivity index is 1.69. The van der Waals surface area contributed by atoms with E-state index in [1.54, 1.807) is 12.3 Å². The smallest absolute Gasteiger partial charge is 0.282 e. The van der Waals surface area contributed by atoms with Crippen LogP contribution in [0.5, 0.6) is 5.75 Å². The van der Waals surface area contributed by atoms with Crippen molar-refractivity contribution in [2.75, 3.05) is 6.61 Å². The summed E-state index contributed by atoms with van der Waals surface area (Å²) in [6.45, 7) is 14.9. The molecule has 0 aliphatic heterocycles. The van der Waals surface area contributed by atoms with E-state index in [0.29, 0.717) is 23.3 Å². The molecule has 5 aromatic rings. The lowest BCUT2D eigenvalue weighted by Gasteiger charge is -2.18. The predicted molar refractivity (Wildman–Crippen MR) is 162 cm³/mol.